The summed E-state index contributed by atoms with van der Waals surface area (Å²) in [7, 11) is 0. The lowest BCUT2D eigenvalue weighted by Crippen LogP contribution is -2.16. The predicted octanol–water partition coefficient (Wildman–Crippen LogP) is 4.84. The Hall–Kier alpha value is -3.40. The van der Waals surface area contributed by atoms with Crippen molar-refractivity contribution in [2.24, 2.45) is 0 Å². The molecule has 0 amide bonds. The van der Waals surface area contributed by atoms with Crippen LogP contribution in [0.3, 0.4) is 0 Å². The van der Waals surface area contributed by atoms with Gasteiger partial charge >= 0.3 is 0 Å². The van der Waals surface area contributed by atoms with Gasteiger partial charge in [0.05, 0.1) is 17.9 Å². The molecule has 0 unspecified atom stereocenters. The normalized spacial score (nSPS) is 10.9. The third kappa shape index (κ3) is 3.34. The summed E-state index contributed by atoms with van der Waals surface area (Å²) in [5.74, 6) is 0.854. The van der Waals surface area contributed by atoms with Gasteiger partial charge in [-0.1, -0.05) is 42.5 Å². The topological polar surface area (TPSA) is 50.9 Å². The SMILES string of the molecule is Cc1c(C(=N)c2ccccn2)n(CCOc2ccccc2)c2ccccc12. The van der Waals surface area contributed by atoms with Crippen LogP contribution in [0.25, 0.3) is 10.9 Å². The van der Waals surface area contributed by atoms with E-state index in [1.807, 2.05) is 60.7 Å². The van der Waals surface area contributed by atoms with E-state index in [9.17, 15) is 0 Å². The quantitative estimate of drug-likeness (QED) is 0.503. The van der Waals surface area contributed by atoms with Gasteiger partial charge in [-0.25, -0.2) is 0 Å². The van der Waals surface area contributed by atoms with E-state index in [2.05, 4.69) is 28.6 Å². The molecule has 0 aliphatic rings. The summed E-state index contributed by atoms with van der Waals surface area (Å²) >= 11 is 0. The predicted molar refractivity (Wildman–Crippen MR) is 109 cm³/mol. The minimum absolute atomic E-state index is 0.434. The van der Waals surface area contributed by atoms with E-state index in [1.165, 1.54) is 0 Å². The molecule has 4 rings (SSSR count). The highest BCUT2D eigenvalue weighted by Crippen LogP contribution is 2.27. The monoisotopic (exact) mass is 355 g/mol. The molecule has 27 heavy (non-hydrogen) atoms. The van der Waals surface area contributed by atoms with Crippen molar-refractivity contribution in [1.29, 1.82) is 5.41 Å². The fourth-order valence-corrected chi connectivity index (χ4v) is 3.43. The summed E-state index contributed by atoms with van der Waals surface area (Å²) in [6.07, 6.45) is 1.73. The molecule has 1 N–H and O–H groups in total. The van der Waals surface area contributed by atoms with Crippen molar-refractivity contribution in [3.05, 3.63) is 95.9 Å². The average Bonchev–Trinajstić information content (AvgIpc) is 3.01. The lowest BCUT2D eigenvalue weighted by atomic mass is 10.1. The van der Waals surface area contributed by atoms with Crippen LogP contribution in [0.1, 0.15) is 17.0 Å². The lowest BCUT2D eigenvalue weighted by Gasteiger charge is -2.13. The Labute approximate surface area is 158 Å². The molecule has 4 nitrogen and oxygen atoms in total. The summed E-state index contributed by atoms with van der Waals surface area (Å²) in [5, 5.41) is 9.92. The van der Waals surface area contributed by atoms with E-state index in [4.69, 9.17) is 10.1 Å². The Morgan fingerprint density at radius 3 is 2.48 bits per heavy atom. The van der Waals surface area contributed by atoms with Gasteiger partial charge < -0.3 is 9.30 Å². The molecule has 2 aromatic carbocycles. The smallest absolute Gasteiger partial charge is 0.119 e. The molecule has 4 aromatic rings. The molecular weight excluding hydrogens is 334 g/mol. The van der Waals surface area contributed by atoms with Gasteiger partial charge in [-0.3, -0.25) is 10.4 Å². The first-order valence-electron chi connectivity index (χ1n) is 9.01. The van der Waals surface area contributed by atoms with Gasteiger partial charge in [0.15, 0.2) is 0 Å². The molecule has 0 saturated carbocycles. The van der Waals surface area contributed by atoms with Gasteiger partial charge in [-0.15, -0.1) is 0 Å². The molecular formula is C23H21N3O. The van der Waals surface area contributed by atoms with E-state index < -0.39 is 0 Å². The van der Waals surface area contributed by atoms with Gasteiger partial charge in [-0.2, -0.15) is 0 Å². The van der Waals surface area contributed by atoms with Gasteiger partial charge in [-0.05, 0) is 42.8 Å². The highest BCUT2D eigenvalue weighted by molar-refractivity contribution is 6.12. The molecule has 4 heteroatoms. The molecule has 0 fully saturated rings. The largest absolute Gasteiger partial charge is 0.492 e. The standard InChI is InChI=1S/C23H21N3O/c1-17-19-11-5-6-13-21(19)26(15-16-27-18-9-3-2-4-10-18)23(17)22(24)20-12-7-8-14-25-20/h2-14,24H,15-16H2,1H3. The van der Waals surface area contributed by atoms with Crippen LogP contribution < -0.4 is 4.74 Å². The van der Waals surface area contributed by atoms with Crippen LogP contribution in [0.2, 0.25) is 0 Å². The number of ether oxygens (including phenoxy) is 1. The summed E-state index contributed by atoms with van der Waals surface area (Å²) in [6.45, 7) is 3.27. The highest BCUT2D eigenvalue weighted by atomic mass is 16.5. The van der Waals surface area contributed by atoms with Crippen molar-refractivity contribution < 1.29 is 4.74 Å². The van der Waals surface area contributed by atoms with Crippen LogP contribution in [-0.2, 0) is 6.54 Å². The van der Waals surface area contributed by atoms with Gasteiger partial charge in [0.2, 0.25) is 0 Å². The zero-order chi connectivity index (χ0) is 18.6. The van der Waals surface area contributed by atoms with Crippen LogP contribution >= 0.6 is 0 Å². The maximum absolute atomic E-state index is 8.76. The summed E-state index contributed by atoms with van der Waals surface area (Å²) in [6, 6.07) is 23.7. The Kier molecular flexibility index (Phi) is 4.71. The van der Waals surface area contributed by atoms with Crippen molar-refractivity contribution in [3.63, 3.8) is 0 Å². The first kappa shape index (κ1) is 17.0. The second-order valence-corrected chi connectivity index (χ2v) is 6.39. The van der Waals surface area contributed by atoms with Gasteiger partial charge in [0.1, 0.15) is 18.1 Å². The molecule has 0 radical (unpaired) electrons. The molecule has 0 aliphatic heterocycles. The molecule has 0 saturated heterocycles. The number of hydrogen-bond acceptors (Lipinski definition) is 3. The Morgan fingerprint density at radius 1 is 0.963 bits per heavy atom. The molecule has 0 bridgehead atoms. The third-order valence-electron chi connectivity index (χ3n) is 4.71. The summed E-state index contributed by atoms with van der Waals surface area (Å²) in [4.78, 5) is 4.37. The number of hydrogen-bond donors (Lipinski definition) is 1. The first-order chi connectivity index (χ1) is 13.3. The summed E-state index contributed by atoms with van der Waals surface area (Å²) in [5.41, 5.74) is 4.22. The Balaban J connectivity index is 1.70. The van der Waals surface area contributed by atoms with Crippen LogP contribution in [0.5, 0.6) is 5.75 Å². The van der Waals surface area contributed by atoms with Gasteiger partial charge in [0.25, 0.3) is 0 Å². The highest BCUT2D eigenvalue weighted by Gasteiger charge is 2.19. The maximum Gasteiger partial charge on any atom is 0.119 e. The minimum Gasteiger partial charge on any atom is -0.492 e. The fraction of sp³-hybridized carbons (Fsp3) is 0.130. The third-order valence-corrected chi connectivity index (χ3v) is 4.71. The number of fused-ring (bicyclic) bond motifs is 1. The lowest BCUT2D eigenvalue weighted by molar-refractivity contribution is 0.300. The maximum atomic E-state index is 8.76. The number of aryl methyl sites for hydroxylation is 1. The second kappa shape index (κ2) is 7.46. The molecule has 0 atom stereocenters. The zero-order valence-corrected chi connectivity index (χ0v) is 15.2. The minimum atomic E-state index is 0.434. The zero-order valence-electron chi connectivity index (χ0n) is 15.2. The number of pyridine rings is 1. The molecule has 0 spiro atoms. The average molecular weight is 355 g/mol. The van der Waals surface area contributed by atoms with Crippen molar-refractivity contribution >= 4 is 16.6 Å². The van der Waals surface area contributed by atoms with Gasteiger partial charge in [0, 0.05) is 17.1 Å². The van der Waals surface area contributed by atoms with E-state index in [0.29, 0.717) is 24.6 Å². The van der Waals surface area contributed by atoms with Crippen LogP contribution in [0, 0.1) is 12.3 Å². The number of rotatable bonds is 6. The van der Waals surface area contributed by atoms with Crippen molar-refractivity contribution in [2.75, 3.05) is 6.61 Å². The summed E-state index contributed by atoms with van der Waals surface area (Å²) < 4.78 is 8.07. The molecule has 0 aliphatic carbocycles. The van der Waals surface area contributed by atoms with E-state index >= 15 is 0 Å². The number of benzene rings is 2. The Morgan fingerprint density at radius 2 is 1.70 bits per heavy atom. The van der Waals surface area contributed by atoms with Crippen molar-refractivity contribution in [1.82, 2.24) is 9.55 Å². The van der Waals surface area contributed by atoms with E-state index in [1.54, 1.807) is 6.20 Å². The van der Waals surface area contributed by atoms with Crippen LogP contribution in [-0.4, -0.2) is 21.9 Å². The molecule has 2 aromatic heterocycles. The van der Waals surface area contributed by atoms with Crippen molar-refractivity contribution in [2.45, 2.75) is 13.5 Å². The fourth-order valence-electron chi connectivity index (χ4n) is 3.43. The molecule has 2 heterocycles. The van der Waals surface area contributed by atoms with Crippen LogP contribution in [0.4, 0.5) is 0 Å². The number of nitrogens with one attached hydrogen (secondary N) is 1. The number of aromatic nitrogens is 2. The Bertz CT molecular complexity index is 1070. The number of para-hydroxylation sites is 2. The first-order valence-corrected chi connectivity index (χ1v) is 9.01. The van der Waals surface area contributed by atoms with E-state index in [0.717, 1.165) is 27.9 Å². The van der Waals surface area contributed by atoms with Crippen molar-refractivity contribution in [3.8, 4) is 5.75 Å². The molecule has 134 valence electrons. The number of nitrogens with zero attached hydrogens (tertiary/aromatic N) is 2. The van der Waals surface area contributed by atoms with Crippen LogP contribution in [0.15, 0.2) is 79.0 Å². The van der Waals surface area contributed by atoms with E-state index in [-0.39, 0.29) is 0 Å². The second-order valence-electron chi connectivity index (χ2n) is 6.39.